The highest BCUT2D eigenvalue weighted by Crippen LogP contribution is 2.26. The average Bonchev–Trinajstić information content (AvgIpc) is 2.99. The fraction of sp³-hybridized carbons (Fsp3) is 0.786. The molecule has 3 atom stereocenters. The molecule has 7 nitrogen and oxygen atoms in total. The molecule has 1 aromatic rings. The first kappa shape index (κ1) is 18.9. The Labute approximate surface area is 137 Å². The molecule has 0 spiro atoms. The van der Waals surface area contributed by atoms with Crippen molar-refractivity contribution in [2.75, 3.05) is 13.2 Å². The number of aromatic nitrogens is 3. The molecule has 8 heteroatoms. The number of hydrogen-bond acceptors (Lipinski definition) is 5. The van der Waals surface area contributed by atoms with Gasteiger partial charge in [0.1, 0.15) is 0 Å². The van der Waals surface area contributed by atoms with Crippen LogP contribution in [0.4, 0.5) is 0 Å². The molecule has 1 amide bonds. The molecule has 0 aromatic carbocycles. The predicted octanol–water partition coefficient (Wildman–Crippen LogP) is 0.808. The third-order valence-corrected chi connectivity index (χ3v) is 3.89. The summed E-state index contributed by atoms with van der Waals surface area (Å²) in [6.45, 7) is 3.36. The van der Waals surface area contributed by atoms with Crippen LogP contribution in [0.1, 0.15) is 38.3 Å². The number of H-pyrrole nitrogens is 1. The van der Waals surface area contributed by atoms with Crippen LogP contribution in [0.15, 0.2) is 6.20 Å². The molecule has 1 saturated carbocycles. The van der Waals surface area contributed by atoms with Gasteiger partial charge in [-0.3, -0.25) is 4.79 Å². The van der Waals surface area contributed by atoms with Gasteiger partial charge in [-0.05, 0) is 25.7 Å². The third-order valence-electron chi connectivity index (χ3n) is 3.89. The first-order valence-electron chi connectivity index (χ1n) is 7.70. The summed E-state index contributed by atoms with van der Waals surface area (Å²) >= 11 is 0. The Morgan fingerprint density at radius 2 is 2.36 bits per heavy atom. The van der Waals surface area contributed by atoms with Crippen LogP contribution in [0.5, 0.6) is 0 Å². The molecule has 1 fully saturated rings. The Balaban J connectivity index is 0.00000242. The van der Waals surface area contributed by atoms with Crippen molar-refractivity contribution in [3.8, 4) is 0 Å². The van der Waals surface area contributed by atoms with Gasteiger partial charge >= 0.3 is 0 Å². The molecule has 1 heterocycles. The number of aromatic amines is 1. The first-order valence-corrected chi connectivity index (χ1v) is 7.70. The largest absolute Gasteiger partial charge is 0.377 e. The Morgan fingerprint density at radius 3 is 3.05 bits per heavy atom. The van der Waals surface area contributed by atoms with Gasteiger partial charge in [-0.25, -0.2) is 0 Å². The molecule has 1 aliphatic carbocycles. The van der Waals surface area contributed by atoms with Crippen molar-refractivity contribution in [3.05, 3.63) is 11.9 Å². The van der Waals surface area contributed by atoms with Gasteiger partial charge in [0.25, 0.3) is 0 Å². The van der Waals surface area contributed by atoms with Crippen molar-refractivity contribution < 1.29 is 9.53 Å². The predicted molar refractivity (Wildman–Crippen MR) is 85.7 cm³/mol. The minimum atomic E-state index is 0. The summed E-state index contributed by atoms with van der Waals surface area (Å²) in [5.74, 6) is 0.0967. The molecule has 2 rings (SSSR count). The number of ether oxygens (including phenoxy) is 1. The zero-order chi connectivity index (χ0) is 15.1. The van der Waals surface area contributed by atoms with E-state index in [9.17, 15) is 4.79 Å². The summed E-state index contributed by atoms with van der Waals surface area (Å²) in [4.78, 5) is 12.2. The van der Waals surface area contributed by atoms with Crippen molar-refractivity contribution in [3.63, 3.8) is 0 Å². The smallest absolute Gasteiger partial charge is 0.223 e. The second-order valence-corrected chi connectivity index (χ2v) is 5.59. The Hall–Kier alpha value is -1.18. The number of amides is 1. The summed E-state index contributed by atoms with van der Waals surface area (Å²) < 4.78 is 5.76. The van der Waals surface area contributed by atoms with Crippen LogP contribution in [0.25, 0.3) is 0 Å². The standard InChI is InChI=1S/C14H25N5O2.ClH/c1-2-7-21-13-8-10(3-4-12(13)15)14(20)16-6-5-11-9-17-19-18-11;/h9-10,12-13H,2-8,15H2,1H3,(H,16,20)(H,17,18,19);1H/t10-,12+,13+;/m0./s1. The first-order chi connectivity index (χ1) is 10.2. The fourth-order valence-corrected chi connectivity index (χ4v) is 2.66. The molecule has 0 radical (unpaired) electrons. The van der Waals surface area contributed by atoms with Crippen molar-refractivity contribution in [2.24, 2.45) is 11.7 Å². The van der Waals surface area contributed by atoms with E-state index >= 15 is 0 Å². The molecule has 0 bridgehead atoms. The van der Waals surface area contributed by atoms with Crippen molar-refractivity contribution in [1.82, 2.24) is 20.7 Å². The number of carbonyl (C=O) groups is 1. The molecule has 22 heavy (non-hydrogen) atoms. The van der Waals surface area contributed by atoms with E-state index in [1.807, 2.05) is 0 Å². The van der Waals surface area contributed by atoms with Gasteiger partial charge in [-0.2, -0.15) is 15.4 Å². The van der Waals surface area contributed by atoms with Gasteiger partial charge < -0.3 is 15.8 Å². The minimum Gasteiger partial charge on any atom is -0.377 e. The van der Waals surface area contributed by atoms with E-state index in [0.29, 0.717) is 19.6 Å². The zero-order valence-electron chi connectivity index (χ0n) is 13.0. The van der Waals surface area contributed by atoms with Crippen molar-refractivity contribution in [1.29, 1.82) is 0 Å². The fourth-order valence-electron chi connectivity index (χ4n) is 2.66. The van der Waals surface area contributed by atoms with Crippen LogP contribution in [0.3, 0.4) is 0 Å². The Bertz CT molecular complexity index is 429. The maximum atomic E-state index is 12.2. The summed E-state index contributed by atoms with van der Waals surface area (Å²) in [7, 11) is 0. The number of nitrogens with one attached hydrogen (secondary N) is 2. The number of halogens is 1. The van der Waals surface area contributed by atoms with E-state index in [-0.39, 0.29) is 36.4 Å². The highest BCUT2D eigenvalue weighted by molar-refractivity contribution is 5.85. The average molecular weight is 332 g/mol. The van der Waals surface area contributed by atoms with Gasteiger partial charge in [0.15, 0.2) is 0 Å². The summed E-state index contributed by atoms with van der Waals surface area (Å²) in [6.07, 6.45) is 5.72. The van der Waals surface area contributed by atoms with E-state index in [1.54, 1.807) is 6.20 Å². The van der Waals surface area contributed by atoms with Crippen molar-refractivity contribution in [2.45, 2.75) is 51.2 Å². The molecule has 4 N–H and O–H groups in total. The molecule has 1 aliphatic rings. The molecular weight excluding hydrogens is 306 g/mol. The molecule has 0 aliphatic heterocycles. The number of carbonyl (C=O) groups excluding carboxylic acids is 1. The second-order valence-electron chi connectivity index (χ2n) is 5.59. The van der Waals surface area contributed by atoms with Gasteiger partial charge in [-0.15, -0.1) is 12.4 Å². The van der Waals surface area contributed by atoms with Crippen LogP contribution in [-0.4, -0.2) is 46.6 Å². The number of rotatable bonds is 7. The van der Waals surface area contributed by atoms with Crippen LogP contribution in [0, 0.1) is 5.92 Å². The lowest BCUT2D eigenvalue weighted by Gasteiger charge is -2.33. The van der Waals surface area contributed by atoms with Crippen LogP contribution in [-0.2, 0) is 16.0 Å². The van der Waals surface area contributed by atoms with E-state index in [4.69, 9.17) is 10.5 Å². The molecule has 0 saturated heterocycles. The highest BCUT2D eigenvalue weighted by atomic mass is 35.5. The van der Waals surface area contributed by atoms with E-state index < -0.39 is 0 Å². The van der Waals surface area contributed by atoms with Crippen LogP contribution in [0.2, 0.25) is 0 Å². The summed E-state index contributed by atoms with van der Waals surface area (Å²) in [5, 5.41) is 13.2. The molecule has 1 aromatic heterocycles. The van der Waals surface area contributed by atoms with Gasteiger partial charge in [0.2, 0.25) is 5.91 Å². The molecular formula is C14H26ClN5O2. The Morgan fingerprint density at radius 1 is 1.55 bits per heavy atom. The molecule has 126 valence electrons. The summed E-state index contributed by atoms with van der Waals surface area (Å²) in [5.41, 5.74) is 6.92. The maximum absolute atomic E-state index is 12.2. The van der Waals surface area contributed by atoms with Gasteiger partial charge in [0, 0.05) is 31.5 Å². The topological polar surface area (TPSA) is 106 Å². The lowest BCUT2D eigenvalue weighted by atomic mass is 9.83. The molecule has 0 unspecified atom stereocenters. The maximum Gasteiger partial charge on any atom is 0.223 e. The second kappa shape index (κ2) is 9.76. The number of hydrogen-bond donors (Lipinski definition) is 3. The van der Waals surface area contributed by atoms with Gasteiger partial charge in [0.05, 0.1) is 18.0 Å². The van der Waals surface area contributed by atoms with E-state index in [0.717, 1.165) is 31.4 Å². The summed E-state index contributed by atoms with van der Waals surface area (Å²) in [6, 6.07) is 0.0516. The van der Waals surface area contributed by atoms with E-state index in [1.165, 1.54) is 0 Å². The lowest BCUT2D eigenvalue weighted by Crippen LogP contribution is -2.46. The normalized spacial score (nSPS) is 24.5. The monoisotopic (exact) mass is 331 g/mol. The highest BCUT2D eigenvalue weighted by Gasteiger charge is 2.32. The zero-order valence-corrected chi connectivity index (χ0v) is 13.8. The number of nitrogens with zero attached hydrogens (tertiary/aromatic N) is 2. The third kappa shape index (κ3) is 5.55. The SMILES string of the molecule is CCCO[C@@H]1C[C@@H](C(=O)NCCc2cn[nH]n2)CC[C@H]1N.Cl. The van der Waals surface area contributed by atoms with Gasteiger partial charge in [-0.1, -0.05) is 6.92 Å². The minimum absolute atomic E-state index is 0. The van der Waals surface area contributed by atoms with E-state index in [2.05, 4.69) is 27.7 Å². The number of nitrogens with two attached hydrogens (primary N) is 1. The van der Waals surface area contributed by atoms with Crippen LogP contribution >= 0.6 is 12.4 Å². The lowest BCUT2D eigenvalue weighted by molar-refractivity contribution is -0.128. The quantitative estimate of drug-likeness (QED) is 0.685. The van der Waals surface area contributed by atoms with Crippen LogP contribution < -0.4 is 11.1 Å². The van der Waals surface area contributed by atoms with Crippen molar-refractivity contribution >= 4 is 18.3 Å². The Kier molecular flexibility index (Phi) is 8.37.